The maximum absolute atomic E-state index is 13.1. The van der Waals surface area contributed by atoms with Crippen LogP contribution in [0.4, 0.5) is 5.69 Å². The molecular formula is C22H26N4O7S2. The molecule has 3 aliphatic heterocycles. The van der Waals surface area contributed by atoms with E-state index >= 15 is 0 Å². The van der Waals surface area contributed by atoms with E-state index in [-0.39, 0.29) is 46.5 Å². The van der Waals surface area contributed by atoms with E-state index in [0.717, 1.165) is 0 Å². The number of non-ortho nitro benzene ring substituents is 1. The van der Waals surface area contributed by atoms with Crippen LogP contribution in [0.3, 0.4) is 0 Å². The third kappa shape index (κ3) is 5.03. The molecule has 2 fully saturated rings. The molecule has 0 bridgehead atoms. The van der Waals surface area contributed by atoms with Gasteiger partial charge in [-0.2, -0.15) is 0 Å². The van der Waals surface area contributed by atoms with Gasteiger partial charge >= 0.3 is 5.97 Å². The van der Waals surface area contributed by atoms with E-state index in [2.05, 4.69) is 5.32 Å². The number of esters is 1. The second-order valence-corrected chi connectivity index (χ2v) is 11.5. The van der Waals surface area contributed by atoms with Crippen LogP contribution in [0, 0.1) is 16.0 Å². The molecule has 4 rings (SSSR count). The van der Waals surface area contributed by atoms with Gasteiger partial charge in [-0.15, -0.1) is 11.8 Å². The van der Waals surface area contributed by atoms with Gasteiger partial charge in [0.15, 0.2) is 5.70 Å². The number of benzene rings is 1. The fourth-order valence-electron chi connectivity index (χ4n) is 4.20. The Labute approximate surface area is 210 Å². The molecule has 0 spiro atoms. The minimum atomic E-state index is -0.853. The summed E-state index contributed by atoms with van der Waals surface area (Å²) in [5.41, 5.74) is 0.655. The van der Waals surface area contributed by atoms with Crippen molar-refractivity contribution in [3.63, 3.8) is 0 Å². The fourth-order valence-corrected chi connectivity index (χ4v) is 7.51. The monoisotopic (exact) mass is 522 g/mol. The molecule has 2 saturated heterocycles. The highest BCUT2D eigenvalue weighted by Crippen LogP contribution is 2.55. The summed E-state index contributed by atoms with van der Waals surface area (Å²) in [6.07, 6.45) is -0.275. The number of fused-ring (bicyclic) bond motifs is 1. The van der Waals surface area contributed by atoms with Gasteiger partial charge in [0.05, 0.1) is 27.2 Å². The van der Waals surface area contributed by atoms with E-state index in [1.54, 1.807) is 21.0 Å². The van der Waals surface area contributed by atoms with Crippen molar-refractivity contribution < 1.29 is 29.2 Å². The lowest BCUT2D eigenvalue weighted by molar-refractivity contribution is -0.384. The number of β-lactam (4-membered cyclic amide) rings is 1. The highest BCUT2D eigenvalue weighted by atomic mass is 32.2. The number of carbonyl (C=O) groups excluding carboxylic acids is 3. The minimum Gasteiger partial charge on any atom is -0.456 e. The predicted octanol–water partition coefficient (Wildman–Crippen LogP) is 1.27. The second-order valence-electron chi connectivity index (χ2n) is 8.79. The topological polar surface area (TPSA) is 142 Å². The lowest BCUT2D eigenvalue weighted by Crippen LogP contribution is -2.60. The molecule has 2 amide bonds. The zero-order valence-electron chi connectivity index (χ0n) is 19.4. The summed E-state index contributed by atoms with van der Waals surface area (Å²) in [4.78, 5) is 51.4. The van der Waals surface area contributed by atoms with Gasteiger partial charge < -0.3 is 20.1 Å². The number of ether oxygens (including phenoxy) is 1. The Hall–Kier alpha value is -2.61. The number of hydrogen-bond donors (Lipinski definition) is 2. The van der Waals surface area contributed by atoms with Gasteiger partial charge in [0.2, 0.25) is 11.8 Å². The lowest BCUT2D eigenvalue weighted by Gasteiger charge is -2.43. The maximum atomic E-state index is 13.1. The van der Waals surface area contributed by atoms with Crippen LogP contribution in [-0.2, 0) is 25.7 Å². The van der Waals surface area contributed by atoms with Gasteiger partial charge in [0.25, 0.3) is 5.69 Å². The van der Waals surface area contributed by atoms with Crippen molar-refractivity contribution >= 4 is 47.0 Å². The molecule has 0 radical (unpaired) electrons. The molecule has 5 atom stereocenters. The van der Waals surface area contributed by atoms with Gasteiger partial charge in [0.1, 0.15) is 12.0 Å². The fraction of sp³-hybridized carbons (Fsp3) is 0.500. The number of likely N-dealkylation sites (N-methyl/N-ethyl adjacent to an activating group) is 1. The zero-order valence-corrected chi connectivity index (χ0v) is 21.0. The Kier molecular flexibility index (Phi) is 7.40. The molecule has 35 heavy (non-hydrogen) atoms. The van der Waals surface area contributed by atoms with Crippen molar-refractivity contribution in [2.75, 3.05) is 20.6 Å². The van der Waals surface area contributed by atoms with E-state index < -0.39 is 22.9 Å². The van der Waals surface area contributed by atoms with Crippen LogP contribution in [0.1, 0.15) is 18.9 Å². The Morgan fingerprint density at radius 2 is 2.06 bits per heavy atom. The molecule has 0 aromatic heterocycles. The molecule has 2 N–H and O–H groups in total. The molecule has 3 unspecified atom stereocenters. The standard InChI is InChI=1S/C22H26N4O7S2/c1-11(27)16-19(29)25-17(21(30)33-10-12-4-6-13(7-5-12)26(31)32)22(35-20(16)25)34-14-8-15(23-9-14)18(28)24(2)3/h4-7,11,14-16,20,23,27H,8-10H2,1-3H3/t11?,14?,15?,16-,20+/m0/s1. The molecule has 0 saturated carbocycles. The van der Waals surface area contributed by atoms with Crippen LogP contribution in [0.5, 0.6) is 0 Å². The number of nitro groups is 1. The Balaban J connectivity index is 1.49. The molecule has 13 heteroatoms. The number of nitrogens with one attached hydrogen (secondary N) is 1. The number of amides is 2. The van der Waals surface area contributed by atoms with Gasteiger partial charge in [0, 0.05) is 38.0 Å². The average molecular weight is 523 g/mol. The third-order valence-electron chi connectivity index (χ3n) is 6.08. The van der Waals surface area contributed by atoms with Gasteiger partial charge in [-0.3, -0.25) is 24.6 Å². The third-order valence-corrected chi connectivity index (χ3v) is 8.91. The van der Waals surface area contributed by atoms with E-state index in [1.165, 1.54) is 57.6 Å². The highest BCUT2D eigenvalue weighted by Gasteiger charge is 2.58. The largest absolute Gasteiger partial charge is 0.456 e. The minimum absolute atomic E-state index is 0.0164. The van der Waals surface area contributed by atoms with Crippen LogP contribution >= 0.6 is 23.5 Å². The Bertz CT molecular complexity index is 1080. The Morgan fingerprint density at radius 3 is 2.66 bits per heavy atom. The van der Waals surface area contributed by atoms with E-state index in [0.29, 0.717) is 22.8 Å². The van der Waals surface area contributed by atoms with E-state index in [4.69, 9.17) is 4.74 Å². The number of carbonyl (C=O) groups is 3. The van der Waals surface area contributed by atoms with Gasteiger partial charge in [-0.1, -0.05) is 11.8 Å². The average Bonchev–Trinajstić information content (AvgIpc) is 3.39. The number of aliphatic hydroxyl groups is 1. The summed E-state index contributed by atoms with van der Waals surface area (Å²) in [5, 5.41) is 23.7. The van der Waals surface area contributed by atoms with Crippen molar-refractivity contribution in [1.29, 1.82) is 0 Å². The van der Waals surface area contributed by atoms with Crippen LogP contribution in [-0.4, -0.2) is 81.0 Å². The predicted molar refractivity (Wildman–Crippen MR) is 130 cm³/mol. The normalized spacial score (nSPS) is 26.3. The summed E-state index contributed by atoms with van der Waals surface area (Å²) in [6, 6.07) is 5.36. The quantitative estimate of drug-likeness (QED) is 0.222. The molecule has 1 aromatic rings. The summed E-state index contributed by atoms with van der Waals surface area (Å²) in [5.74, 6) is -1.64. The van der Waals surface area contributed by atoms with Crippen molar-refractivity contribution in [3.8, 4) is 0 Å². The van der Waals surface area contributed by atoms with Gasteiger partial charge in [-0.25, -0.2) is 4.79 Å². The number of nitro benzene ring substituents is 1. The second kappa shape index (κ2) is 10.2. The number of nitrogens with zero attached hydrogens (tertiary/aromatic N) is 3. The molecular weight excluding hydrogens is 496 g/mol. The van der Waals surface area contributed by atoms with Gasteiger partial charge in [-0.05, 0) is 31.0 Å². The van der Waals surface area contributed by atoms with Crippen LogP contribution in [0.15, 0.2) is 34.2 Å². The highest BCUT2D eigenvalue weighted by molar-refractivity contribution is 8.23. The van der Waals surface area contributed by atoms with Crippen LogP contribution in [0.2, 0.25) is 0 Å². The number of thioether (sulfide) groups is 2. The molecule has 188 valence electrons. The van der Waals surface area contributed by atoms with Crippen molar-refractivity contribution in [1.82, 2.24) is 15.1 Å². The summed E-state index contributed by atoms with van der Waals surface area (Å²) >= 11 is 2.79. The SMILES string of the molecule is CC(O)[C@H]1C(=O)N2C(C(=O)OCc3ccc([N+](=O)[O-])cc3)=C(SC3CNC(C(=O)N(C)C)C3)S[C@H]12. The molecule has 0 aliphatic carbocycles. The molecule has 3 heterocycles. The number of rotatable bonds is 8. The first-order chi connectivity index (χ1) is 16.6. The summed E-state index contributed by atoms with van der Waals surface area (Å²) < 4.78 is 6.10. The first kappa shape index (κ1) is 25.5. The number of aliphatic hydroxyl groups excluding tert-OH is 1. The van der Waals surface area contributed by atoms with E-state index in [9.17, 15) is 29.6 Å². The first-order valence-corrected chi connectivity index (χ1v) is 12.8. The van der Waals surface area contributed by atoms with Crippen molar-refractivity contribution in [2.45, 2.75) is 42.7 Å². The van der Waals surface area contributed by atoms with E-state index in [1.807, 2.05) is 0 Å². The lowest BCUT2D eigenvalue weighted by atomic mass is 9.92. The molecule has 11 nitrogen and oxygen atoms in total. The van der Waals surface area contributed by atoms with Crippen LogP contribution < -0.4 is 5.32 Å². The maximum Gasteiger partial charge on any atom is 0.357 e. The van der Waals surface area contributed by atoms with Crippen molar-refractivity contribution in [3.05, 3.63) is 49.9 Å². The smallest absolute Gasteiger partial charge is 0.357 e. The van der Waals surface area contributed by atoms with Crippen LogP contribution in [0.25, 0.3) is 0 Å². The molecule has 3 aliphatic rings. The zero-order chi connectivity index (χ0) is 25.4. The summed E-state index contributed by atoms with van der Waals surface area (Å²) in [6.45, 7) is 2.01. The summed E-state index contributed by atoms with van der Waals surface area (Å²) in [7, 11) is 3.40. The number of hydrogen-bond acceptors (Lipinski definition) is 10. The van der Waals surface area contributed by atoms with Crippen molar-refractivity contribution in [2.24, 2.45) is 5.92 Å². The first-order valence-electron chi connectivity index (χ1n) is 11.0. The Morgan fingerprint density at radius 1 is 1.37 bits per heavy atom. The molecule has 1 aromatic carbocycles.